The minimum atomic E-state index is -3.57. The fourth-order valence-electron chi connectivity index (χ4n) is 4.59. The van der Waals surface area contributed by atoms with Crippen molar-refractivity contribution in [2.24, 2.45) is 5.92 Å². The molecule has 0 unspecified atom stereocenters. The van der Waals surface area contributed by atoms with Crippen LogP contribution in [0.2, 0.25) is 0 Å². The van der Waals surface area contributed by atoms with E-state index in [9.17, 15) is 8.42 Å². The molecule has 0 amide bonds. The normalized spacial score (nSPS) is 19.0. The van der Waals surface area contributed by atoms with Crippen LogP contribution in [0.15, 0.2) is 71.6 Å². The molecular formula is C25H27N5O2S. The molecule has 0 aliphatic heterocycles. The molecule has 0 radical (unpaired) electrons. The number of aromatic nitrogens is 2. The molecule has 1 aromatic heterocycles. The van der Waals surface area contributed by atoms with Gasteiger partial charge in [0.1, 0.15) is 5.82 Å². The maximum atomic E-state index is 13.0. The van der Waals surface area contributed by atoms with Crippen LogP contribution >= 0.6 is 0 Å². The molecule has 1 aliphatic rings. The predicted octanol–water partition coefficient (Wildman–Crippen LogP) is 4.31. The monoisotopic (exact) mass is 461 g/mol. The molecule has 0 bridgehead atoms. The molecule has 0 atom stereocenters. The summed E-state index contributed by atoms with van der Waals surface area (Å²) in [5, 5.41) is 5.93. The van der Waals surface area contributed by atoms with Gasteiger partial charge in [0.05, 0.1) is 10.4 Å². The van der Waals surface area contributed by atoms with Crippen molar-refractivity contribution in [1.82, 2.24) is 14.7 Å². The molecule has 3 aromatic carbocycles. The van der Waals surface area contributed by atoms with Gasteiger partial charge in [-0.15, -0.1) is 0 Å². The van der Waals surface area contributed by atoms with Gasteiger partial charge in [-0.3, -0.25) is 0 Å². The van der Waals surface area contributed by atoms with Gasteiger partial charge in [-0.25, -0.2) is 18.1 Å². The van der Waals surface area contributed by atoms with Gasteiger partial charge in [0.15, 0.2) is 0 Å². The Balaban J connectivity index is 1.19. The van der Waals surface area contributed by atoms with E-state index in [0.29, 0.717) is 29.1 Å². The molecule has 33 heavy (non-hydrogen) atoms. The van der Waals surface area contributed by atoms with Crippen molar-refractivity contribution in [3.05, 3.63) is 66.7 Å². The van der Waals surface area contributed by atoms with Gasteiger partial charge in [0, 0.05) is 23.4 Å². The van der Waals surface area contributed by atoms with E-state index in [1.54, 1.807) is 12.1 Å². The van der Waals surface area contributed by atoms with Gasteiger partial charge in [-0.05, 0) is 55.2 Å². The van der Waals surface area contributed by atoms with E-state index in [4.69, 9.17) is 5.73 Å². The summed E-state index contributed by atoms with van der Waals surface area (Å²) in [6, 6.07) is 20.9. The molecule has 170 valence electrons. The highest BCUT2D eigenvalue weighted by atomic mass is 32.2. The smallest absolute Gasteiger partial charge is 0.241 e. The van der Waals surface area contributed by atoms with E-state index in [0.717, 1.165) is 47.4 Å². The molecule has 1 saturated carbocycles. The van der Waals surface area contributed by atoms with Crippen LogP contribution in [-0.2, 0) is 10.0 Å². The first-order valence-electron chi connectivity index (χ1n) is 11.3. The second-order valence-electron chi connectivity index (χ2n) is 8.64. The van der Waals surface area contributed by atoms with Crippen LogP contribution in [0, 0.1) is 5.92 Å². The highest BCUT2D eigenvalue weighted by Gasteiger charge is 2.24. The molecule has 1 heterocycles. The third-order valence-electron chi connectivity index (χ3n) is 6.41. The number of nitrogens with zero attached hydrogens (tertiary/aromatic N) is 2. The maximum absolute atomic E-state index is 13.0. The van der Waals surface area contributed by atoms with Crippen LogP contribution in [0.5, 0.6) is 0 Å². The Morgan fingerprint density at radius 3 is 2.36 bits per heavy atom. The van der Waals surface area contributed by atoms with Gasteiger partial charge in [-0.1, -0.05) is 48.5 Å². The van der Waals surface area contributed by atoms with Gasteiger partial charge in [0.25, 0.3) is 0 Å². The standard InChI is InChI=1S/C25H27N5O2S/c26-24-21-9-3-4-10-22(21)29-25(30-24)28-19-14-12-17(13-15-19)16-27-33(31,32)23-11-5-7-18-6-1-2-8-20(18)23/h1-11,17,19,27H,12-16H2,(H3,26,28,29,30). The number of anilines is 2. The van der Waals surface area contributed by atoms with E-state index in [1.165, 1.54) is 0 Å². The first-order valence-corrected chi connectivity index (χ1v) is 12.7. The second-order valence-corrected chi connectivity index (χ2v) is 10.4. The van der Waals surface area contributed by atoms with Crippen molar-refractivity contribution in [3.63, 3.8) is 0 Å². The molecule has 0 saturated heterocycles. The Kier molecular flexibility index (Phi) is 5.86. The van der Waals surface area contributed by atoms with Crippen LogP contribution in [-0.4, -0.2) is 31.0 Å². The van der Waals surface area contributed by atoms with Crippen LogP contribution in [0.25, 0.3) is 21.7 Å². The number of nitrogen functional groups attached to an aromatic ring is 1. The van der Waals surface area contributed by atoms with Gasteiger partial charge < -0.3 is 11.1 Å². The average molecular weight is 462 g/mol. The zero-order chi connectivity index (χ0) is 22.8. The SMILES string of the molecule is Nc1nc(NC2CCC(CNS(=O)(=O)c3cccc4ccccc34)CC2)nc2ccccc12. The first kappa shape index (κ1) is 21.6. The lowest BCUT2D eigenvalue weighted by molar-refractivity contribution is 0.336. The van der Waals surface area contributed by atoms with Crippen LogP contribution in [0.1, 0.15) is 25.7 Å². The lowest BCUT2D eigenvalue weighted by Crippen LogP contribution is -2.34. The molecule has 4 aromatic rings. The number of fused-ring (bicyclic) bond motifs is 2. The average Bonchev–Trinajstić information content (AvgIpc) is 2.83. The fraction of sp³-hybridized carbons (Fsp3) is 0.280. The number of sulfonamides is 1. The molecule has 4 N–H and O–H groups in total. The second kappa shape index (κ2) is 8.96. The molecular weight excluding hydrogens is 434 g/mol. The number of nitrogens with one attached hydrogen (secondary N) is 2. The predicted molar refractivity (Wildman–Crippen MR) is 132 cm³/mol. The summed E-state index contributed by atoms with van der Waals surface area (Å²) in [4.78, 5) is 9.32. The Hall–Kier alpha value is -3.23. The van der Waals surface area contributed by atoms with Crippen LogP contribution < -0.4 is 15.8 Å². The first-order chi connectivity index (χ1) is 16.0. The molecule has 1 fully saturated rings. The fourth-order valence-corrected chi connectivity index (χ4v) is 5.94. The Bertz CT molecular complexity index is 1390. The van der Waals surface area contributed by atoms with E-state index in [-0.39, 0.29) is 6.04 Å². The number of hydrogen-bond donors (Lipinski definition) is 3. The summed E-state index contributed by atoms with van der Waals surface area (Å²) in [6.45, 7) is 0.442. The van der Waals surface area contributed by atoms with Gasteiger partial charge in [0.2, 0.25) is 16.0 Å². The third kappa shape index (κ3) is 4.62. The lowest BCUT2D eigenvalue weighted by Gasteiger charge is -2.29. The zero-order valence-electron chi connectivity index (χ0n) is 18.2. The van der Waals surface area contributed by atoms with E-state index >= 15 is 0 Å². The largest absolute Gasteiger partial charge is 0.383 e. The Labute approximate surface area is 193 Å². The number of benzene rings is 3. The highest BCUT2D eigenvalue weighted by Crippen LogP contribution is 2.28. The van der Waals surface area contributed by atoms with Crippen molar-refractivity contribution < 1.29 is 8.42 Å². The quantitative estimate of drug-likeness (QED) is 0.395. The van der Waals surface area contributed by atoms with Crippen molar-refractivity contribution in [1.29, 1.82) is 0 Å². The summed E-state index contributed by atoms with van der Waals surface area (Å²) < 4.78 is 28.8. The summed E-state index contributed by atoms with van der Waals surface area (Å²) >= 11 is 0. The van der Waals surface area contributed by atoms with Gasteiger partial charge in [-0.2, -0.15) is 4.98 Å². The zero-order valence-corrected chi connectivity index (χ0v) is 19.1. The minimum absolute atomic E-state index is 0.247. The molecule has 7 nitrogen and oxygen atoms in total. The van der Waals surface area contributed by atoms with Crippen LogP contribution in [0.3, 0.4) is 0 Å². The molecule has 5 rings (SSSR count). The molecule has 0 spiro atoms. The summed E-state index contributed by atoms with van der Waals surface area (Å²) in [6.07, 6.45) is 3.71. The van der Waals surface area contributed by atoms with E-state index in [2.05, 4.69) is 20.0 Å². The van der Waals surface area contributed by atoms with Crippen molar-refractivity contribution >= 4 is 43.5 Å². The highest BCUT2D eigenvalue weighted by molar-refractivity contribution is 7.89. The third-order valence-corrected chi connectivity index (χ3v) is 7.90. The Morgan fingerprint density at radius 2 is 1.55 bits per heavy atom. The van der Waals surface area contributed by atoms with Crippen molar-refractivity contribution in [3.8, 4) is 0 Å². The minimum Gasteiger partial charge on any atom is -0.383 e. The summed E-state index contributed by atoms with van der Waals surface area (Å²) in [7, 11) is -3.57. The number of rotatable bonds is 6. The van der Waals surface area contributed by atoms with Crippen molar-refractivity contribution in [2.75, 3.05) is 17.6 Å². The Morgan fingerprint density at radius 1 is 0.848 bits per heavy atom. The van der Waals surface area contributed by atoms with Crippen molar-refractivity contribution in [2.45, 2.75) is 36.6 Å². The number of nitrogens with two attached hydrogens (primary N) is 1. The summed E-state index contributed by atoms with van der Waals surface area (Å²) in [5.41, 5.74) is 6.91. The lowest BCUT2D eigenvalue weighted by atomic mass is 9.86. The molecule has 1 aliphatic carbocycles. The summed E-state index contributed by atoms with van der Waals surface area (Å²) in [5.74, 6) is 1.32. The van der Waals surface area contributed by atoms with E-state index in [1.807, 2.05) is 54.6 Å². The topological polar surface area (TPSA) is 110 Å². The maximum Gasteiger partial charge on any atom is 0.241 e. The van der Waals surface area contributed by atoms with Crippen LogP contribution in [0.4, 0.5) is 11.8 Å². The van der Waals surface area contributed by atoms with Gasteiger partial charge >= 0.3 is 0 Å². The molecule has 8 heteroatoms. The van der Waals surface area contributed by atoms with E-state index < -0.39 is 10.0 Å². The number of hydrogen-bond acceptors (Lipinski definition) is 6. The number of para-hydroxylation sites is 1.